The van der Waals surface area contributed by atoms with Crippen molar-refractivity contribution < 1.29 is 4.79 Å². The van der Waals surface area contributed by atoms with E-state index in [1.165, 1.54) is 15.4 Å². The fraction of sp³-hybridized carbons (Fsp3) is 0.500. The van der Waals surface area contributed by atoms with Crippen molar-refractivity contribution in [1.82, 2.24) is 24.4 Å². The van der Waals surface area contributed by atoms with Crippen molar-refractivity contribution in [3.63, 3.8) is 0 Å². The average molecular weight is 280 g/mol. The van der Waals surface area contributed by atoms with Gasteiger partial charge in [-0.1, -0.05) is 24.9 Å². The van der Waals surface area contributed by atoms with Crippen LogP contribution in [-0.2, 0) is 6.54 Å². The van der Waals surface area contributed by atoms with E-state index in [2.05, 4.69) is 34.9 Å². The number of amides is 1. The molecule has 0 saturated heterocycles. The molecule has 0 bridgehead atoms. The third-order valence-electron chi connectivity index (χ3n) is 2.72. The summed E-state index contributed by atoms with van der Waals surface area (Å²) in [6, 6.07) is 0.921. The summed E-state index contributed by atoms with van der Waals surface area (Å²) in [5.41, 5.74) is 4.84. The van der Waals surface area contributed by atoms with Gasteiger partial charge in [0, 0.05) is 14.6 Å². The molecule has 0 radical (unpaired) electrons. The fourth-order valence-electron chi connectivity index (χ4n) is 1.59. The first-order chi connectivity index (χ1) is 8.79. The first-order valence-electron chi connectivity index (χ1n) is 5.90. The molecule has 1 amide bonds. The summed E-state index contributed by atoms with van der Waals surface area (Å²) in [6.45, 7) is 7.16. The zero-order chi connectivity index (χ0) is 14.2. The Labute approximate surface area is 110 Å². The maximum Gasteiger partial charge on any atom is 0.352 e. The van der Waals surface area contributed by atoms with Gasteiger partial charge in [-0.05, 0) is 6.04 Å². The summed E-state index contributed by atoms with van der Waals surface area (Å²) in [4.78, 5) is 27.0. The van der Waals surface area contributed by atoms with E-state index in [1.807, 2.05) is 0 Å². The number of aryl methyl sites for hydroxylation is 1. The highest BCUT2D eigenvalue weighted by molar-refractivity contribution is 6.76. The number of imidazole rings is 1. The molecule has 0 atom stereocenters. The highest BCUT2D eigenvalue weighted by Crippen LogP contribution is 2.08. The van der Waals surface area contributed by atoms with Gasteiger partial charge in [0.05, 0.1) is 0 Å². The number of hydrogen-bond donors (Lipinski definition) is 1. The lowest BCUT2D eigenvalue weighted by molar-refractivity contribution is 0.0997. The molecule has 0 aromatic carbocycles. The van der Waals surface area contributed by atoms with E-state index >= 15 is 0 Å². The van der Waals surface area contributed by atoms with Crippen molar-refractivity contribution in [1.29, 1.82) is 0 Å². The average Bonchev–Trinajstić information content (AvgIpc) is 2.71. The van der Waals surface area contributed by atoms with Crippen LogP contribution in [-0.4, -0.2) is 38.4 Å². The normalized spacial score (nSPS) is 11.9. The number of nitrogens with two attached hydrogens (primary N) is 1. The molecule has 2 N–H and O–H groups in total. The van der Waals surface area contributed by atoms with Crippen LogP contribution in [0.5, 0.6) is 0 Å². The van der Waals surface area contributed by atoms with Crippen LogP contribution in [0.3, 0.4) is 0 Å². The van der Waals surface area contributed by atoms with Crippen LogP contribution in [0.15, 0.2) is 11.1 Å². The molecule has 2 heterocycles. The van der Waals surface area contributed by atoms with Crippen LogP contribution >= 0.6 is 0 Å². The third kappa shape index (κ3) is 2.70. The molecular weight excluding hydrogens is 264 g/mol. The van der Waals surface area contributed by atoms with E-state index in [1.54, 1.807) is 0 Å². The minimum Gasteiger partial charge on any atom is -0.364 e. The molecule has 0 aliphatic rings. The second-order valence-corrected chi connectivity index (χ2v) is 11.2. The first kappa shape index (κ1) is 13.4. The number of hydrogen-bond acceptors (Lipinski definition) is 5. The standard InChI is InChI=1S/C10H16N6O2Si/c1-19(2,3)5-4-16-10(18)15-6-12-7(8(11)17)9(15)13-14-16/h6H,4-5H2,1-3H3,(H2,11,17). The van der Waals surface area contributed by atoms with Crippen molar-refractivity contribution in [2.45, 2.75) is 32.2 Å². The van der Waals surface area contributed by atoms with Crippen molar-refractivity contribution in [2.75, 3.05) is 0 Å². The second kappa shape index (κ2) is 4.57. The van der Waals surface area contributed by atoms with Gasteiger partial charge in [0.15, 0.2) is 11.3 Å². The Morgan fingerprint density at radius 2 is 2.11 bits per heavy atom. The molecule has 2 rings (SSSR count). The summed E-state index contributed by atoms with van der Waals surface area (Å²) in [7, 11) is -1.27. The van der Waals surface area contributed by atoms with E-state index in [0.29, 0.717) is 6.54 Å². The maximum absolute atomic E-state index is 12.1. The van der Waals surface area contributed by atoms with Crippen LogP contribution in [0.2, 0.25) is 25.7 Å². The monoisotopic (exact) mass is 280 g/mol. The number of fused-ring (bicyclic) bond motifs is 1. The number of primary amides is 1. The lowest BCUT2D eigenvalue weighted by Crippen LogP contribution is -2.33. The molecule has 0 aliphatic heterocycles. The van der Waals surface area contributed by atoms with E-state index < -0.39 is 14.0 Å². The topological polar surface area (TPSA) is 108 Å². The van der Waals surface area contributed by atoms with Crippen LogP contribution in [0.25, 0.3) is 5.65 Å². The van der Waals surface area contributed by atoms with E-state index in [-0.39, 0.29) is 17.0 Å². The zero-order valence-corrected chi connectivity index (χ0v) is 12.1. The lowest BCUT2D eigenvalue weighted by Gasteiger charge is -2.15. The van der Waals surface area contributed by atoms with Gasteiger partial charge in [-0.2, -0.15) is 4.68 Å². The van der Waals surface area contributed by atoms with Crippen LogP contribution < -0.4 is 11.4 Å². The summed E-state index contributed by atoms with van der Waals surface area (Å²) in [5.74, 6) is -0.726. The molecule has 2 aromatic heterocycles. The van der Waals surface area contributed by atoms with Gasteiger partial charge in [-0.15, -0.1) is 5.10 Å². The predicted octanol–water partition coefficient (Wildman–Crippen LogP) is -0.277. The molecule has 9 heteroatoms. The molecule has 2 aromatic rings. The first-order valence-corrected chi connectivity index (χ1v) is 9.61. The number of aromatic nitrogens is 5. The molecule has 0 unspecified atom stereocenters. The van der Waals surface area contributed by atoms with Crippen LogP contribution in [0.4, 0.5) is 0 Å². The van der Waals surface area contributed by atoms with Crippen molar-refractivity contribution in [3.05, 3.63) is 22.5 Å². The Bertz CT molecular complexity index is 683. The molecule has 0 saturated carbocycles. The SMILES string of the molecule is C[Si](C)(C)CCn1nnc2c(C(N)=O)ncn2c1=O. The number of carbonyl (C=O) groups excluding carboxylic acids is 1. The molecule has 0 aliphatic carbocycles. The Morgan fingerprint density at radius 3 is 2.68 bits per heavy atom. The van der Waals surface area contributed by atoms with E-state index in [9.17, 15) is 9.59 Å². The quantitative estimate of drug-likeness (QED) is 0.775. The molecule has 0 spiro atoms. The Kier molecular flexibility index (Phi) is 3.23. The highest BCUT2D eigenvalue weighted by Gasteiger charge is 2.17. The molecule has 19 heavy (non-hydrogen) atoms. The highest BCUT2D eigenvalue weighted by atomic mass is 28.3. The van der Waals surface area contributed by atoms with E-state index in [4.69, 9.17) is 5.73 Å². The smallest absolute Gasteiger partial charge is 0.352 e. The zero-order valence-electron chi connectivity index (χ0n) is 11.1. The number of nitrogens with zero attached hydrogens (tertiary/aromatic N) is 5. The number of carbonyl (C=O) groups is 1. The van der Waals surface area contributed by atoms with Gasteiger partial charge in [-0.3, -0.25) is 4.79 Å². The third-order valence-corrected chi connectivity index (χ3v) is 4.45. The summed E-state index contributed by atoms with van der Waals surface area (Å²) >= 11 is 0. The van der Waals surface area contributed by atoms with Crippen molar-refractivity contribution >= 4 is 19.6 Å². The predicted molar refractivity (Wildman–Crippen MR) is 71.7 cm³/mol. The van der Waals surface area contributed by atoms with Gasteiger partial charge in [-0.25, -0.2) is 14.2 Å². The van der Waals surface area contributed by atoms with Gasteiger partial charge in [0.2, 0.25) is 0 Å². The van der Waals surface area contributed by atoms with Gasteiger partial charge in [0.1, 0.15) is 6.33 Å². The maximum atomic E-state index is 12.1. The molecule has 0 fully saturated rings. The molecule has 8 nitrogen and oxygen atoms in total. The summed E-state index contributed by atoms with van der Waals surface area (Å²) in [5, 5.41) is 7.68. The minimum atomic E-state index is -1.27. The Hall–Kier alpha value is -2.03. The molecular formula is C10H16N6O2Si. The van der Waals surface area contributed by atoms with Crippen LogP contribution in [0, 0.1) is 0 Å². The van der Waals surface area contributed by atoms with Crippen molar-refractivity contribution in [2.24, 2.45) is 5.73 Å². The Morgan fingerprint density at radius 1 is 1.42 bits per heavy atom. The largest absolute Gasteiger partial charge is 0.364 e. The summed E-state index contributed by atoms with van der Waals surface area (Å²) in [6.07, 6.45) is 1.25. The van der Waals surface area contributed by atoms with Gasteiger partial charge in [0.25, 0.3) is 5.91 Å². The number of rotatable bonds is 4. The minimum absolute atomic E-state index is 0.0399. The van der Waals surface area contributed by atoms with Gasteiger partial charge >= 0.3 is 5.69 Å². The molecule has 102 valence electrons. The second-order valence-electron chi connectivity index (χ2n) is 5.56. The lowest BCUT2D eigenvalue weighted by atomic mass is 10.4. The Balaban J connectivity index is 2.42. The van der Waals surface area contributed by atoms with Crippen molar-refractivity contribution in [3.8, 4) is 0 Å². The fourth-order valence-corrected chi connectivity index (χ4v) is 2.47. The van der Waals surface area contributed by atoms with Gasteiger partial charge < -0.3 is 5.73 Å². The van der Waals surface area contributed by atoms with Crippen LogP contribution in [0.1, 0.15) is 10.5 Å². The summed E-state index contributed by atoms with van der Waals surface area (Å²) < 4.78 is 2.48. The van der Waals surface area contributed by atoms with E-state index in [0.717, 1.165) is 6.04 Å².